The molecular weight excluding hydrogens is 259 g/mol. The number of rotatable bonds is 4. The first kappa shape index (κ1) is 14.2. The van der Waals surface area contributed by atoms with Crippen molar-refractivity contribution >= 4 is 5.82 Å². The summed E-state index contributed by atoms with van der Waals surface area (Å²) in [4.78, 5) is 8.60. The van der Waals surface area contributed by atoms with Crippen molar-refractivity contribution in [3.63, 3.8) is 0 Å². The number of hydrazine groups is 1. The quantitative estimate of drug-likeness (QED) is 0.663. The van der Waals surface area contributed by atoms with Gasteiger partial charge in [-0.2, -0.15) is 4.98 Å². The standard InChI is InChI=1S/C14H17FN4O/c1-4-12-17-13(19-16)9(3)14(18-12)20-11-6-5-10(15)7-8(11)2/h5-7H,4,16H2,1-3H3,(H,17,18,19). The first-order valence-electron chi connectivity index (χ1n) is 6.33. The molecule has 0 spiro atoms. The summed E-state index contributed by atoms with van der Waals surface area (Å²) in [5.74, 6) is 7.26. The largest absolute Gasteiger partial charge is 0.438 e. The third-order valence-electron chi connectivity index (χ3n) is 2.94. The number of nitrogens with zero attached hydrogens (tertiary/aromatic N) is 2. The monoisotopic (exact) mass is 276 g/mol. The SMILES string of the molecule is CCc1nc(NN)c(C)c(Oc2ccc(F)cc2C)n1. The van der Waals surface area contributed by atoms with Crippen molar-refractivity contribution in [3.05, 3.63) is 41.0 Å². The fourth-order valence-corrected chi connectivity index (χ4v) is 1.77. The molecule has 0 amide bonds. The van der Waals surface area contributed by atoms with Crippen LogP contribution in [0.4, 0.5) is 10.2 Å². The molecule has 6 heteroatoms. The van der Waals surface area contributed by atoms with E-state index in [4.69, 9.17) is 10.6 Å². The fraction of sp³-hybridized carbons (Fsp3) is 0.286. The van der Waals surface area contributed by atoms with Gasteiger partial charge in [0.25, 0.3) is 0 Å². The van der Waals surface area contributed by atoms with E-state index in [0.717, 1.165) is 0 Å². The predicted molar refractivity (Wildman–Crippen MR) is 75.2 cm³/mol. The highest BCUT2D eigenvalue weighted by molar-refractivity contribution is 5.49. The lowest BCUT2D eigenvalue weighted by Gasteiger charge is -2.13. The molecule has 0 aliphatic heterocycles. The zero-order chi connectivity index (χ0) is 14.7. The summed E-state index contributed by atoms with van der Waals surface area (Å²) in [7, 11) is 0. The molecule has 1 heterocycles. The summed E-state index contributed by atoms with van der Waals surface area (Å²) in [6.07, 6.45) is 0.660. The molecular formula is C14H17FN4O. The second-order valence-electron chi connectivity index (χ2n) is 4.43. The van der Waals surface area contributed by atoms with E-state index in [1.54, 1.807) is 13.0 Å². The highest BCUT2D eigenvalue weighted by atomic mass is 19.1. The molecule has 0 radical (unpaired) electrons. The van der Waals surface area contributed by atoms with E-state index < -0.39 is 0 Å². The first-order valence-corrected chi connectivity index (χ1v) is 6.33. The van der Waals surface area contributed by atoms with Gasteiger partial charge in [-0.3, -0.25) is 0 Å². The Hall–Kier alpha value is -2.21. The van der Waals surface area contributed by atoms with Crippen molar-refractivity contribution in [2.45, 2.75) is 27.2 Å². The molecule has 2 aromatic rings. The van der Waals surface area contributed by atoms with Gasteiger partial charge in [-0.25, -0.2) is 15.2 Å². The number of nitrogens with one attached hydrogen (secondary N) is 1. The van der Waals surface area contributed by atoms with Gasteiger partial charge in [-0.05, 0) is 37.6 Å². The maximum absolute atomic E-state index is 13.1. The molecule has 0 atom stereocenters. The molecule has 0 bridgehead atoms. The predicted octanol–water partition coefficient (Wildman–Crippen LogP) is 2.87. The van der Waals surface area contributed by atoms with Crippen LogP contribution in [0, 0.1) is 19.7 Å². The second-order valence-corrected chi connectivity index (χ2v) is 4.43. The summed E-state index contributed by atoms with van der Waals surface area (Å²) in [6.45, 7) is 5.53. The first-order chi connectivity index (χ1) is 9.55. The van der Waals surface area contributed by atoms with Crippen LogP contribution in [0.1, 0.15) is 23.9 Å². The van der Waals surface area contributed by atoms with Crippen molar-refractivity contribution < 1.29 is 9.13 Å². The minimum Gasteiger partial charge on any atom is -0.438 e. The molecule has 0 saturated carbocycles. The Labute approximate surface area is 117 Å². The van der Waals surface area contributed by atoms with Gasteiger partial charge in [0.2, 0.25) is 5.88 Å². The van der Waals surface area contributed by atoms with E-state index in [1.807, 2.05) is 13.8 Å². The van der Waals surface area contributed by atoms with Gasteiger partial charge < -0.3 is 10.2 Å². The van der Waals surface area contributed by atoms with Crippen molar-refractivity contribution in [1.82, 2.24) is 9.97 Å². The van der Waals surface area contributed by atoms with Crippen molar-refractivity contribution in [2.24, 2.45) is 5.84 Å². The van der Waals surface area contributed by atoms with Crippen LogP contribution in [0.25, 0.3) is 0 Å². The molecule has 1 aromatic heterocycles. The van der Waals surface area contributed by atoms with Crippen LogP contribution in [0.3, 0.4) is 0 Å². The van der Waals surface area contributed by atoms with Crippen molar-refractivity contribution in [2.75, 3.05) is 5.43 Å². The van der Waals surface area contributed by atoms with E-state index in [9.17, 15) is 4.39 Å². The van der Waals surface area contributed by atoms with Gasteiger partial charge in [0, 0.05) is 6.42 Å². The fourth-order valence-electron chi connectivity index (χ4n) is 1.77. The Bertz CT molecular complexity index is 631. The summed E-state index contributed by atoms with van der Waals surface area (Å²) < 4.78 is 18.9. The number of nitrogens with two attached hydrogens (primary N) is 1. The lowest BCUT2D eigenvalue weighted by Crippen LogP contribution is -2.13. The van der Waals surface area contributed by atoms with Gasteiger partial charge >= 0.3 is 0 Å². The van der Waals surface area contributed by atoms with Crippen LogP contribution in [0.2, 0.25) is 0 Å². The number of anilines is 1. The van der Waals surface area contributed by atoms with E-state index in [1.165, 1.54) is 12.1 Å². The highest BCUT2D eigenvalue weighted by Gasteiger charge is 2.12. The van der Waals surface area contributed by atoms with Crippen LogP contribution in [-0.2, 0) is 6.42 Å². The van der Waals surface area contributed by atoms with E-state index in [0.29, 0.717) is 40.8 Å². The summed E-state index contributed by atoms with van der Waals surface area (Å²) in [5, 5.41) is 0. The molecule has 0 fully saturated rings. The van der Waals surface area contributed by atoms with Gasteiger partial charge in [0.15, 0.2) is 0 Å². The molecule has 106 valence electrons. The molecule has 1 aromatic carbocycles. The maximum atomic E-state index is 13.1. The van der Waals surface area contributed by atoms with Crippen LogP contribution >= 0.6 is 0 Å². The van der Waals surface area contributed by atoms with Crippen LogP contribution in [0.15, 0.2) is 18.2 Å². The molecule has 0 aliphatic carbocycles. The lowest BCUT2D eigenvalue weighted by molar-refractivity contribution is 0.450. The van der Waals surface area contributed by atoms with Crippen molar-refractivity contribution in [3.8, 4) is 11.6 Å². The Balaban J connectivity index is 2.42. The number of hydrogen-bond acceptors (Lipinski definition) is 5. The number of aryl methyl sites for hydroxylation is 2. The van der Waals surface area contributed by atoms with E-state index in [2.05, 4.69) is 15.4 Å². The maximum Gasteiger partial charge on any atom is 0.227 e. The Morgan fingerprint density at radius 1 is 1.30 bits per heavy atom. The van der Waals surface area contributed by atoms with Crippen LogP contribution in [-0.4, -0.2) is 9.97 Å². The van der Waals surface area contributed by atoms with E-state index in [-0.39, 0.29) is 5.82 Å². The third kappa shape index (κ3) is 2.85. The average Bonchev–Trinajstić information content (AvgIpc) is 2.43. The summed E-state index contributed by atoms with van der Waals surface area (Å²) >= 11 is 0. The molecule has 0 saturated heterocycles. The normalized spacial score (nSPS) is 10.4. The minimum absolute atomic E-state index is 0.298. The minimum atomic E-state index is -0.298. The van der Waals surface area contributed by atoms with Crippen molar-refractivity contribution in [1.29, 1.82) is 0 Å². The molecule has 0 unspecified atom stereocenters. The number of nitrogen functional groups attached to an aromatic ring is 1. The van der Waals surface area contributed by atoms with Gasteiger partial charge in [-0.15, -0.1) is 0 Å². The molecule has 3 N–H and O–H groups in total. The second kappa shape index (κ2) is 5.83. The van der Waals surface area contributed by atoms with E-state index >= 15 is 0 Å². The number of halogens is 1. The van der Waals surface area contributed by atoms with Gasteiger partial charge in [-0.1, -0.05) is 6.92 Å². The van der Waals surface area contributed by atoms with Crippen LogP contribution < -0.4 is 16.0 Å². The topological polar surface area (TPSA) is 73.1 Å². The number of benzene rings is 1. The number of ether oxygens (including phenoxy) is 1. The number of hydrogen-bond donors (Lipinski definition) is 2. The van der Waals surface area contributed by atoms with Gasteiger partial charge in [0.05, 0.1) is 5.56 Å². The Morgan fingerprint density at radius 3 is 2.65 bits per heavy atom. The smallest absolute Gasteiger partial charge is 0.227 e. The molecule has 0 aliphatic rings. The zero-order valence-corrected chi connectivity index (χ0v) is 11.7. The Kier molecular flexibility index (Phi) is 4.14. The van der Waals surface area contributed by atoms with Gasteiger partial charge in [0.1, 0.15) is 23.2 Å². The average molecular weight is 276 g/mol. The summed E-state index contributed by atoms with van der Waals surface area (Å²) in [5.41, 5.74) is 3.93. The third-order valence-corrected chi connectivity index (χ3v) is 2.94. The summed E-state index contributed by atoms with van der Waals surface area (Å²) in [6, 6.07) is 4.34. The molecule has 20 heavy (non-hydrogen) atoms. The lowest BCUT2D eigenvalue weighted by atomic mass is 10.2. The number of aromatic nitrogens is 2. The molecule has 2 rings (SSSR count). The molecule has 5 nitrogen and oxygen atoms in total. The highest BCUT2D eigenvalue weighted by Crippen LogP contribution is 2.29. The Morgan fingerprint density at radius 2 is 2.05 bits per heavy atom. The zero-order valence-electron chi connectivity index (χ0n) is 11.7. The van der Waals surface area contributed by atoms with Crippen LogP contribution in [0.5, 0.6) is 11.6 Å².